The summed E-state index contributed by atoms with van der Waals surface area (Å²) >= 11 is 21.2. The third-order valence-electron chi connectivity index (χ3n) is 6.36. The number of esters is 1. The van der Waals surface area contributed by atoms with Gasteiger partial charge in [0.05, 0.1) is 17.2 Å². The van der Waals surface area contributed by atoms with Crippen LogP contribution in [0.15, 0.2) is 54.6 Å². The molecule has 1 saturated heterocycles. The number of hydrogen-bond donors (Lipinski definition) is 1. The lowest BCUT2D eigenvalue weighted by Crippen LogP contribution is -2.51. The lowest BCUT2D eigenvalue weighted by atomic mass is 10.1. The molecule has 1 N–H and O–H groups in total. The molecule has 1 amide bonds. The van der Waals surface area contributed by atoms with Crippen molar-refractivity contribution < 1.29 is 14.3 Å². The molecular weight excluding hydrogens is 593 g/mol. The number of hydrogen-bond acceptors (Lipinski definition) is 6. The molecule has 2 aromatic carbocycles. The maximum absolute atomic E-state index is 13.3. The van der Waals surface area contributed by atoms with Crippen molar-refractivity contribution >= 4 is 90.2 Å². The largest absolute Gasteiger partial charge is 0.462 e. The monoisotopic (exact) mass is 617 g/mol. The van der Waals surface area contributed by atoms with Crippen LogP contribution in [-0.4, -0.2) is 59.6 Å². The second-order valence-corrected chi connectivity index (χ2v) is 12.3. The molecule has 0 atom stereocenters. The van der Waals surface area contributed by atoms with E-state index in [4.69, 9.17) is 40.2 Å². The Morgan fingerprint density at radius 2 is 1.72 bits per heavy atom. The first-order valence-electron chi connectivity index (χ1n) is 12.4. The fraction of sp³-hybridized carbons (Fsp3) is 0.250. The van der Waals surface area contributed by atoms with Gasteiger partial charge in [-0.25, -0.2) is 4.79 Å². The van der Waals surface area contributed by atoms with Crippen molar-refractivity contribution in [1.82, 2.24) is 9.80 Å². The minimum atomic E-state index is -0.379. The highest BCUT2D eigenvalue weighted by Gasteiger charge is 2.28. The minimum Gasteiger partial charge on any atom is -0.462 e. The van der Waals surface area contributed by atoms with E-state index in [1.54, 1.807) is 17.9 Å². The predicted molar refractivity (Wildman–Crippen MR) is 165 cm³/mol. The molecule has 1 aliphatic rings. The molecule has 11 heteroatoms. The normalized spacial score (nSPS) is 13.5. The average Bonchev–Trinajstić information content (AvgIpc) is 3.48. The van der Waals surface area contributed by atoms with Gasteiger partial charge in [0.15, 0.2) is 5.11 Å². The molecule has 5 rings (SSSR count). The van der Waals surface area contributed by atoms with Crippen LogP contribution in [0.25, 0.3) is 10.1 Å². The molecule has 39 heavy (non-hydrogen) atoms. The molecule has 4 aromatic rings. The Hall–Kier alpha value is -2.69. The van der Waals surface area contributed by atoms with Gasteiger partial charge in [0, 0.05) is 52.6 Å². The minimum absolute atomic E-state index is 0.0933. The zero-order valence-corrected chi connectivity index (χ0v) is 25.0. The molecule has 0 aliphatic carbocycles. The number of carbonyl (C=O) groups is 2. The summed E-state index contributed by atoms with van der Waals surface area (Å²) in [6.07, 6.45) is 0.708. The lowest BCUT2D eigenvalue weighted by molar-refractivity contribution is 0.0527. The van der Waals surface area contributed by atoms with Gasteiger partial charge in [0.1, 0.15) is 9.88 Å². The summed E-state index contributed by atoms with van der Waals surface area (Å²) in [5.41, 5.74) is 1.63. The van der Waals surface area contributed by atoms with Crippen molar-refractivity contribution in [3.05, 3.63) is 85.5 Å². The molecule has 1 fully saturated rings. The van der Waals surface area contributed by atoms with Crippen molar-refractivity contribution in [2.45, 2.75) is 13.3 Å². The molecule has 202 valence electrons. The highest BCUT2D eigenvalue weighted by atomic mass is 35.5. The van der Waals surface area contributed by atoms with E-state index in [1.807, 2.05) is 41.3 Å². The van der Waals surface area contributed by atoms with Gasteiger partial charge in [0.2, 0.25) is 0 Å². The van der Waals surface area contributed by atoms with Crippen LogP contribution >= 0.6 is 58.1 Å². The van der Waals surface area contributed by atoms with Crippen LogP contribution in [0.5, 0.6) is 0 Å². The molecule has 0 spiro atoms. The van der Waals surface area contributed by atoms with Crippen LogP contribution in [0.2, 0.25) is 10.0 Å². The van der Waals surface area contributed by atoms with E-state index in [9.17, 15) is 9.59 Å². The summed E-state index contributed by atoms with van der Waals surface area (Å²) in [7, 11) is 0. The number of anilines is 1. The molecule has 6 nitrogen and oxygen atoms in total. The maximum atomic E-state index is 13.3. The van der Waals surface area contributed by atoms with E-state index < -0.39 is 0 Å². The number of nitrogens with zero attached hydrogens (tertiary/aromatic N) is 2. The van der Waals surface area contributed by atoms with Gasteiger partial charge in [-0.15, -0.1) is 22.7 Å². The van der Waals surface area contributed by atoms with E-state index in [1.165, 1.54) is 22.7 Å². The number of halogens is 2. The Kier molecular flexibility index (Phi) is 8.73. The number of ether oxygens (including phenoxy) is 1. The number of thiophene rings is 2. The average molecular weight is 619 g/mol. The van der Waals surface area contributed by atoms with E-state index in [2.05, 4.69) is 17.4 Å². The summed E-state index contributed by atoms with van der Waals surface area (Å²) in [5, 5.41) is 6.35. The Morgan fingerprint density at radius 1 is 1.00 bits per heavy atom. The SMILES string of the molecule is CCOC(=O)c1cc(Cc2ccccc2)sc1NC(=S)N1CCN(C(=O)c2sc3cc(Cl)ccc3c2Cl)CC1. The number of fused-ring (bicyclic) bond motifs is 1. The Balaban J connectivity index is 1.25. The zero-order chi connectivity index (χ0) is 27.5. The number of carbonyl (C=O) groups excluding carboxylic acids is 2. The Morgan fingerprint density at radius 3 is 2.44 bits per heavy atom. The number of benzene rings is 2. The van der Waals surface area contributed by atoms with Crippen molar-refractivity contribution in [2.75, 3.05) is 38.1 Å². The van der Waals surface area contributed by atoms with Gasteiger partial charge in [-0.1, -0.05) is 59.6 Å². The van der Waals surface area contributed by atoms with Gasteiger partial charge < -0.3 is 19.9 Å². The number of rotatable bonds is 6. The molecule has 3 heterocycles. The van der Waals surface area contributed by atoms with E-state index in [-0.39, 0.29) is 11.9 Å². The second kappa shape index (κ2) is 12.2. The highest BCUT2D eigenvalue weighted by molar-refractivity contribution is 7.80. The van der Waals surface area contributed by atoms with Gasteiger partial charge in [0.25, 0.3) is 5.91 Å². The van der Waals surface area contributed by atoms with E-state index in [0.717, 1.165) is 20.5 Å². The number of amides is 1. The second-order valence-electron chi connectivity index (χ2n) is 8.93. The summed E-state index contributed by atoms with van der Waals surface area (Å²) in [6, 6.07) is 17.4. The first kappa shape index (κ1) is 27.9. The molecule has 0 unspecified atom stereocenters. The summed E-state index contributed by atoms with van der Waals surface area (Å²) < 4.78 is 6.18. The predicted octanol–water partition coefficient (Wildman–Crippen LogP) is 7.19. The van der Waals surface area contributed by atoms with Gasteiger partial charge in [-0.05, 0) is 42.9 Å². The Bertz CT molecular complexity index is 1530. The van der Waals surface area contributed by atoms with Crippen LogP contribution in [0.4, 0.5) is 5.00 Å². The standard InChI is InChI=1S/C28H25Cl2N3O3S3/c1-2-36-27(35)21-16-19(14-17-6-4-3-5-7-17)38-25(21)31-28(37)33-12-10-32(11-13-33)26(34)24-23(30)20-9-8-18(29)15-22(20)39-24/h3-9,15-16H,2,10-14H2,1H3,(H,31,37). The molecular formula is C28H25Cl2N3O3S3. The topological polar surface area (TPSA) is 61.9 Å². The fourth-order valence-electron chi connectivity index (χ4n) is 4.39. The maximum Gasteiger partial charge on any atom is 0.341 e. The smallest absolute Gasteiger partial charge is 0.341 e. The molecule has 2 aromatic heterocycles. The number of thiocarbonyl (C=S) groups is 1. The highest BCUT2D eigenvalue weighted by Crippen LogP contribution is 2.37. The van der Waals surface area contributed by atoms with Crippen LogP contribution in [0.3, 0.4) is 0 Å². The van der Waals surface area contributed by atoms with Gasteiger partial charge in [-0.2, -0.15) is 0 Å². The Labute approximate surface area is 250 Å². The first-order chi connectivity index (χ1) is 18.8. The van der Waals surface area contributed by atoms with Crippen molar-refractivity contribution in [1.29, 1.82) is 0 Å². The first-order valence-corrected chi connectivity index (χ1v) is 15.2. The van der Waals surface area contributed by atoms with Crippen molar-refractivity contribution in [3.8, 4) is 0 Å². The molecule has 0 bridgehead atoms. The van der Waals surface area contributed by atoms with Crippen LogP contribution < -0.4 is 5.32 Å². The molecule has 0 saturated carbocycles. The van der Waals surface area contributed by atoms with E-state index in [0.29, 0.717) is 69.8 Å². The van der Waals surface area contributed by atoms with Gasteiger partial charge in [-0.3, -0.25) is 4.79 Å². The summed E-state index contributed by atoms with van der Waals surface area (Å²) in [4.78, 5) is 31.3. The van der Waals surface area contributed by atoms with Crippen LogP contribution in [-0.2, 0) is 11.2 Å². The molecule has 0 radical (unpaired) electrons. The quantitative estimate of drug-likeness (QED) is 0.182. The third kappa shape index (κ3) is 6.23. The van der Waals surface area contributed by atoms with Crippen molar-refractivity contribution in [2.24, 2.45) is 0 Å². The molecule has 1 aliphatic heterocycles. The van der Waals surface area contributed by atoms with E-state index >= 15 is 0 Å². The number of piperazine rings is 1. The van der Waals surface area contributed by atoms with Crippen LogP contribution in [0, 0.1) is 0 Å². The summed E-state index contributed by atoms with van der Waals surface area (Å²) in [6.45, 7) is 4.20. The fourth-order valence-corrected chi connectivity index (χ4v) is 7.57. The zero-order valence-electron chi connectivity index (χ0n) is 21.0. The third-order valence-corrected chi connectivity index (χ3v) is 9.65. The number of nitrogens with one attached hydrogen (secondary N) is 1. The summed E-state index contributed by atoms with van der Waals surface area (Å²) in [5.74, 6) is -0.473. The van der Waals surface area contributed by atoms with Crippen LogP contribution in [0.1, 0.15) is 37.4 Å². The van der Waals surface area contributed by atoms with Crippen molar-refractivity contribution in [3.63, 3.8) is 0 Å². The van der Waals surface area contributed by atoms with Gasteiger partial charge >= 0.3 is 5.97 Å². The lowest BCUT2D eigenvalue weighted by Gasteiger charge is -2.36.